The minimum absolute atomic E-state index is 0.00377. The van der Waals surface area contributed by atoms with E-state index >= 15 is 0 Å². The second-order valence-electron chi connectivity index (χ2n) is 4.30. The van der Waals surface area contributed by atoms with Gasteiger partial charge in [-0.25, -0.2) is 0 Å². The summed E-state index contributed by atoms with van der Waals surface area (Å²) in [6.07, 6.45) is 0. The quantitative estimate of drug-likeness (QED) is 0.889. The van der Waals surface area contributed by atoms with Gasteiger partial charge in [-0.2, -0.15) is 0 Å². The number of carbonyl (C=O) groups is 1. The minimum atomic E-state index is -0.140. The van der Waals surface area contributed by atoms with Crippen molar-refractivity contribution >= 4 is 23.2 Å². The monoisotopic (exact) mass is 268 g/mol. The van der Waals surface area contributed by atoms with Crippen LogP contribution in [0.4, 0.5) is 5.69 Å². The molecule has 1 atom stereocenters. The van der Waals surface area contributed by atoms with Crippen molar-refractivity contribution in [3.8, 4) is 0 Å². The van der Waals surface area contributed by atoms with Gasteiger partial charge in [-0.05, 0) is 44.6 Å². The SMILES string of the molecule is CCN(CC)C(C)C(=O)Nc1cccc(Cl)c1C. The highest BCUT2D eigenvalue weighted by molar-refractivity contribution is 6.31. The van der Waals surface area contributed by atoms with E-state index in [1.807, 2.05) is 32.0 Å². The van der Waals surface area contributed by atoms with Crippen LogP contribution in [0.1, 0.15) is 26.3 Å². The summed E-state index contributed by atoms with van der Waals surface area (Å²) in [6.45, 7) is 9.65. The number of anilines is 1. The first kappa shape index (κ1) is 15.0. The molecule has 18 heavy (non-hydrogen) atoms. The van der Waals surface area contributed by atoms with Crippen LogP contribution in [0.2, 0.25) is 5.02 Å². The topological polar surface area (TPSA) is 32.3 Å². The minimum Gasteiger partial charge on any atom is -0.324 e. The molecule has 0 spiro atoms. The third kappa shape index (κ3) is 3.47. The zero-order valence-electron chi connectivity index (χ0n) is 11.5. The van der Waals surface area contributed by atoms with Gasteiger partial charge in [0.1, 0.15) is 0 Å². The lowest BCUT2D eigenvalue weighted by molar-refractivity contribution is -0.120. The maximum Gasteiger partial charge on any atom is 0.241 e. The predicted octanol–water partition coefficient (Wildman–Crippen LogP) is 3.32. The summed E-state index contributed by atoms with van der Waals surface area (Å²) >= 11 is 6.03. The van der Waals surface area contributed by atoms with Crippen molar-refractivity contribution in [3.63, 3.8) is 0 Å². The van der Waals surface area contributed by atoms with Crippen LogP contribution in [0.3, 0.4) is 0 Å². The normalized spacial score (nSPS) is 12.6. The number of amides is 1. The molecule has 0 aliphatic heterocycles. The largest absolute Gasteiger partial charge is 0.324 e. The van der Waals surface area contributed by atoms with Gasteiger partial charge < -0.3 is 5.32 Å². The number of nitrogens with zero attached hydrogens (tertiary/aromatic N) is 1. The average molecular weight is 269 g/mol. The molecule has 1 N–H and O–H groups in total. The van der Waals surface area contributed by atoms with Crippen LogP contribution in [0.25, 0.3) is 0 Å². The van der Waals surface area contributed by atoms with Gasteiger partial charge in [-0.3, -0.25) is 9.69 Å². The Morgan fingerprint density at radius 2 is 2.00 bits per heavy atom. The van der Waals surface area contributed by atoms with Crippen molar-refractivity contribution in [3.05, 3.63) is 28.8 Å². The van der Waals surface area contributed by atoms with Crippen molar-refractivity contribution in [2.24, 2.45) is 0 Å². The summed E-state index contributed by atoms with van der Waals surface area (Å²) in [6, 6.07) is 5.39. The van der Waals surface area contributed by atoms with Crippen molar-refractivity contribution in [2.75, 3.05) is 18.4 Å². The van der Waals surface area contributed by atoms with Gasteiger partial charge in [0.05, 0.1) is 6.04 Å². The molecule has 0 saturated heterocycles. The molecule has 1 amide bonds. The molecule has 0 heterocycles. The lowest BCUT2D eigenvalue weighted by Gasteiger charge is -2.25. The Kier molecular flexibility index (Phi) is 5.63. The van der Waals surface area contributed by atoms with Crippen LogP contribution in [0, 0.1) is 6.92 Å². The molecule has 0 aromatic heterocycles. The molecule has 0 saturated carbocycles. The van der Waals surface area contributed by atoms with Crippen molar-refractivity contribution in [1.82, 2.24) is 4.90 Å². The highest BCUT2D eigenvalue weighted by atomic mass is 35.5. The number of rotatable bonds is 5. The third-order valence-electron chi connectivity index (χ3n) is 3.27. The second-order valence-corrected chi connectivity index (χ2v) is 4.71. The maximum absolute atomic E-state index is 12.1. The van der Waals surface area contributed by atoms with Crippen molar-refractivity contribution in [2.45, 2.75) is 33.7 Å². The van der Waals surface area contributed by atoms with Gasteiger partial charge in [-0.15, -0.1) is 0 Å². The van der Waals surface area contributed by atoms with E-state index in [1.54, 1.807) is 0 Å². The Labute approximate surface area is 114 Å². The summed E-state index contributed by atoms with van der Waals surface area (Å²) < 4.78 is 0. The van der Waals surface area contributed by atoms with E-state index in [2.05, 4.69) is 24.1 Å². The Bertz CT molecular complexity index is 416. The molecule has 3 nitrogen and oxygen atoms in total. The molecular weight excluding hydrogens is 248 g/mol. The van der Waals surface area contributed by atoms with Crippen molar-refractivity contribution in [1.29, 1.82) is 0 Å². The van der Waals surface area contributed by atoms with Gasteiger partial charge >= 0.3 is 0 Å². The van der Waals surface area contributed by atoms with Gasteiger partial charge in [0.25, 0.3) is 0 Å². The van der Waals surface area contributed by atoms with Crippen LogP contribution >= 0.6 is 11.6 Å². The standard InChI is InChI=1S/C14H21ClN2O/c1-5-17(6-2)11(4)14(18)16-13-9-7-8-12(15)10(13)3/h7-9,11H,5-6H2,1-4H3,(H,16,18). The first-order valence-corrected chi connectivity index (χ1v) is 6.69. The van der Waals surface area contributed by atoms with E-state index in [-0.39, 0.29) is 11.9 Å². The van der Waals surface area contributed by atoms with Gasteiger partial charge in [0.2, 0.25) is 5.91 Å². The molecule has 4 heteroatoms. The predicted molar refractivity (Wildman–Crippen MR) is 77.2 cm³/mol. The molecule has 1 aromatic carbocycles. The van der Waals surface area contributed by atoms with E-state index in [4.69, 9.17) is 11.6 Å². The Morgan fingerprint density at radius 1 is 1.39 bits per heavy atom. The molecule has 0 aliphatic carbocycles. The van der Waals surface area contributed by atoms with Crippen LogP contribution in [-0.2, 0) is 4.79 Å². The molecular formula is C14H21ClN2O. The second kappa shape index (κ2) is 6.76. The zero-order valence-corrected chi connectivity index (χ0v) is 12.2. The Balaban J connectivity index is 2.78. The third-order valence-corrected chi connectivity index (χ3v) is 3.67. The summed E-state index contributed by atoms with van der Waals surface area (Å²) in [7, 11) is 0. The number of hydrogen-bond acceptors (Lipinski definition) is 2. The van der Waals surface area contributed by atoms with Crippen LogP contribution < -0.4 is 5.32 Å². The van der Waals surface area contributed by atoms with E-state index < -0.39 is 0 Å². The summed E-state index contributed by atoms with van der Waals surface area (Å²) in [5, 5.41) is 3.60. The average Bonchev–Trinajstić information content (AvgIpc) is 2.36. The summed E-state index contributed by atoms with van der Waals surface area (Å²) in [5.41, 5.74) is 1.69. The molecule has 1 rings (SSSR count). The molecule has 1 unspecified atom stereocenters. The Morgan fingerprint density at radius 3 is 2.56 bits per heavy atom. The first-order valence-electron chi connectivity index (χ1n) is 6.31. The number of halogens is 1. The van der Waals surface area contributed by atoms with Crippen LogP contribution in [-0.4, -0.2) is 29.9 Å². The molecule has 1 aromatic rings. The van der Waals surface area contributed by atoms with Gasteiger partial charge in [-0.1, -0.05) is 31.5 Å². The number of carbonyl (C=O) groups excluding carboxylic acids is 1. The molecule has 0 radical (unpaired) electrons. The van der Waals surface area contributed by atoms with Crippen LogP contribution in [0.5, 0.6) is 0 Å². The van der Waals surface area contributed by atoms with Gasteiger partial charge in [0, 0.05) is 10.7 Å². The molecule has 0 fully saturated rings. The fraction of sp³-hybridized carbons (Fsp3) is 0.500. The fourth-order valence-electron chi connectivity index (χ4n) is 1.92. The summed E-state index contributed by atoms with van der Waals surface area (Å²) in [4.78, 5) is 14.2. The fourth-order valence-corrected chi connectivity index (χ4v) is 2.09. The smallest absolute Gasteiger partial charge is 0.241 e. The van der Waals surface area contributed by atoms with Crippen LogP contribution in [0.15, 0.2) is 18.2 Å². The first-order chi connectivity index (χ1) is 8.51. The van der Waals surface area contributed by atoms with Crippen molar-refractivity contribution < 1.29 is 4.79 Å². The van der Waals surface area contributed by atoms with E-state index in [9.17, 15) is 4.79 Å². The molecule has 0 bridgehead atoms. The number of benzene rings is 1. The Hall–Kier alpha value is -1.06. The number of hydrogen-bond donors (Lipinski definition) is 1. The molecule has 100 valence electrons. The highest BCUT2D eigenvalue weighted by Gasteiger charge is 2.19. The zero-order chi connectivity index (χ0) is 13.7. The molecule has 0 aliphatic rings. The number of likely N-dealkylation sites (N-methyl/N-ethyl adjacent to an activating group) is 1. The lowest BCUT2D eigenvalue weighted by atomic mass is 10.2. The van der Waals surface area contributed by atoms with Gasteiger partial charge in [0.15, 0.2) is 0 Å². The van der Waals surface area contributed by atoms with E-state index in [0.29, 0.717) is 5.02 Å². The van der Waals surface area contributed by atoms with E-state index in [0.717, 1.165) is 24.3 Å². The lowest BCUT2D eigenvalue weighted by Crippen LogP contribution is -2.41. The maximum atomic E-state index is 12.1. The highest BCUT2D eigenvalue weighted by Crippen LogP contribution is 2.23. The number of nitrogens with one attached hydrogen (secondary N) is 1. The summed E-state index contributed by atoms with van der Waals surface area (Å²) in [5.74, 6) is 0.00377. The van der Waals surface area contributed by atoms with E-state index in [1.165, 1.54) is 0 Å².